The fourth-order valence-corrected chi connectivity index (χ4v) is 5.49. The van der Waals surface area contributed by atoms with E-state index in [-0.39, 0.29) is 0 Å². The second-order valence-electron chi connectivity index (χ2n) is 7.36. The first-order chi connectivity index (χ1) is 14.2. The van der Waals surface area contributed by atoms with Gasteiger partial charge in [-0.2, -0.15) is 0 Å². The predicted molar refractivity (Wildman–Crippen MR) is 120 cm³/mol. The maximum atomic E-state index is 9.51. The number of nitrogens with zero attached hydrogens (tertiary/aromatic N) is 3. The monoisotopic (exact) mass is 421 g/mol. The summed E-state index contributed by atoms with van der Waals surface area (Å²) in [6.07, 6.45) is 8.44. The van der Waals surface area contributed by atoms with Crippen LogP contribution >= 0.6 is 22.9 Å². The molecule has 5 rings (SSSR count). The Hall–Kier alpha value is -2.63. The van der Waals surface area contributed by atoms with E-state index in [1.54, 1.807) is 11.3 Å². The quantitative estimate of drug-likeness (QED) is 0.233. The Kier molecular flexibility index (Phi) is 4.64. The molecule has 0 saturated carbocycles. The largest absolute Gasteiger partial charge is 0.411 e. The maximum Gasteiger partial charge on any atom is 0.127 e. The lowest BCUT2D eigenvalue weighted by molar-refractivity contribution is 0.319. The number of oxime groups is 1. The number of rotatable bonds is 3. The number of benzene rings is 1. The van der Waals surface area contributed by atoms with Gasteiger partial charge in [-0.15, -0.1) is 11.3 Å². The van der Waals surface area contributed by atoms with Gasteiger partial charge in [-0.1, -0.05) is 28.9 Å². The Balaban J connectivity index is 1.94. The standard InChI is InChI=1S/C23H20ClN3OS/c1-14(26-28)22-21(27-12-4-5-13-27)20-19(15-8-10-16(24)11-9-15)17-6-2-3-7-18(17)25-23(20)29-22/h4-5,8-13,28H,2-3,6-7H2,1H3/b26-14+. The van der Waals surface area contributed by atoms with Gasteiger partial charge in [-0.3, -0.25) is 0 Å². The Morgan fingerprint density at radius 1 is 1.14 bits per heavy atom. The molecule has 1 aliphatic rings. The molecule has 0 saturated heterocycles. The molecule has 0 bridgehead atoms. The highest BCUT2D eigenvalue weighted by molar-refractivity contribution is 7.21. The van der Waals surface area contributed by atoms with E-state index in [1.165, 1.54) is 29.7 Å². The summed E-state index contributed by atoms with van der Waals surface area (Å²) in [7, 11) is 0. The smallest absolute Gasteiger partial charge is 0.127 e. The minimum absolute atomic E-state index is 0.594. The summed E-state index contributed by atoms with van der Waals surface area (Å²) in [6.45, 7) is 1.83. The Bertz CT molecular complexity index is 1220. The minimum atomic E-state index is 0.594. The summed E-state index contributed by atoms with van der Waals surface area (Å²) >= 11 is 7.77. The van der Waals surface area contributed by atoms with Crippen LogP contribution in [0.3, 0.4) is 0 Å². The van der Waals surface area contributed by atoms with E-state index < -0.39 is 0 Å². The van der Waals surface area contributed by atoms with E-state index in [4.69, 9.17) is 16.6 Å². The van der Waals surface area contributed by atoms with E-state index in [0.29, 0.717) is 5.71 Å². The van der Waals surface area contributed by atoms with Crippen LogP contribution in [0.1, 0.15) is 35.9 Å². The molecule has 1 aliphatic carbocycles. The number of aryl methyl sites for hydroxylation is 1. The maximum absolute atomic E-state index is 9.51. The molecular weight excluding hydrogens is 402 g/mol. The topological polar surface area (TPSA) is 50.4 Å². The van der Waals surface area contributed by atoms with Gasteiger partial charge >= 0.3 is 0 Å². The zero-order chi connectivity index (χ0) is 20.0. The van der Waals surface area contributed by atoms with Crippen molar-refractivity contribution >= 4 is 38.9 Å². The lowest BCUT2D eigenvalue weighted by Crippen LogP contribution is -2.08. The molecule has 0 spiro atoms. The third-order valence-corrected chi connectivity index (χ3v) is 7.00. The molecule has 4 nitrogen and oxygen atoms in total. The van der Waals surface area contributed by atoms with Gasteiger partial charge in [0.05, 0.1) is 16.3 Å². The third kappa shape index (κ3) is 3.05. The van der Waals surface area contributed by atoms with Crippen LogP contribution in [0.4, 0.5) is 0 Å². The summed E-state index contributed by atoms with van der Waals surface area (Å²) in [6, 6.07) is 12.1. The fourth-order valence-electron chi connectivity index (χ4n) is 4.23. The van der Waals surface area contributed by atoms with Gasteiger partial charge in [0.15, 0.2) is 0 Å². The molecule has 0 amide bonds. The van der Waals surface area contributed by atoms with E-state index in [1.807, 2.05) is 43.6 Å². The molecule has 0 unspecified atom stereocenters. The number of pyridine rings is 1. The molecule has 1 N–H and O–H groups in total. The lowest BCUT2D eigenvalue weighted by atomic mass is 9.87. The lowest BCUT2D eigenvalue weighted by Gasteiger charge is -2.21. The highest BCUT2D eigenvalue weighted by Gasteiger charge is 2.26. The summed E-state index contributed by atoms with van der Waals surface area (Å²) < 4.78 is 2.10. The Morgan fingerprint density at radius 3 is 2.59 bits per heavy atom. The first-order valence-electron chi connectivity index (χ1n) is 9.74. The van der Waals surface area contributed by atoms with Crippen LogP contribution in [0.15, 0.2) is 53.9 Å². The molecule has 3 heterocycles. The van der Waals surface area contributed by atoms with Crippen molar-refractivity contribution < 1.29 is 5.21 Å². The minimum Gasteiger partial charge on any atom is -0.411 e. The van der Waals surface area contributed by atoms with Crippen molar-refractivity contribution in [1.29, 1.82) is 0 Å². The molecule has 1 aromatic carbocycles. The fraction of sp³-hybridized carbons (Fsp3) is 0.217. The zero-order valence-electron chi connectivity index (χ0n) is 16.0. The Morgan fingerprint density at radius 2 is 1.86 bits per heavy atom. The van der Waals surface area contributed by atoms with Crippen molar-refractivity contribution in [3.63, 3.8) is 0 Å². The van der Waals surface area contributed by atoms with Crippen LogP contribution in [0.25, 0.3) is 27.0 Å². The molecule has 29 heavy (non-hydrogen) atoms. The van der Waals surface area contributed by atoms with Crippen molar-refractivity contribution in [3.05, 3.63) is 69.9 Å². The normalized spacial score (nSPS) is 14.3. The van der Waals surface area contributed by atoms with Gasteiger partial charge in [0.1, 0.15) is 4.83 Å². The van der Waals surface area contributed by atoms with E-state index in [0.717, 1.165) is 44.2 Å². The average Bonchev–Trinajstić information content (AvgIpc) is 3.39. The van der Waals surface area contributed by atoms with E-state index in [2.05, 4.69) is 21.9 Å². The SMILES string of the molecule is C/C(=N\O)c1sc2nc3c(c(-c4ccc(Cl)cc4)c2c1-n1cccc1)CCCC3. The molecule has 146 valence electrons. The number of hydrogen-bond donors (Lipinski definition) is 1. The molecular formula is C23H20ClN3OS. The van der Waals surface area contributed by atoms with Crippen LogP contribution in [-0.4, -0.2) is 20.5 Å². The molecule has 6 heteroatoms. The van der Waals surface area contributed by atoms with Crippen LogP contribution < -0.4 is 0 Å². The van der Waals surface area contributed by atoms with Crippen LogP contribution in [0.2, 0.25) is 5.02 Å². The van der Waals surface area contributed by atoms with Crippen LogP contribution in [0.5, 0.6) is 0 Å². The van der Waals surface area contributed by atoms with Gasteiger partial charge in [0.2, 0.25) is 0 Å². The summed E-state index contributed by atoms with van der Waals surface area (Å²) in [5.41, 5.74) is 6.53. The summed E-state index contributed by atoms with van der Waals surface area (Å²) in [5, 5.41) is 14.9. The van der Waals surface area contributed by atoms with Gasteiger partial charge < -0.3 is 9.77 Å². The number of thiophene rings is 1. The molecule has 4 aromatic rings. The Labute approximate surface area is 178 Å². The first-order valence-corrected chi connectivity index (χ1v) is 10.9. The summed E-state index contributed by atoms with van der Waals surface area (Å²) in [4.78, 5) is 6.99. The second kappa shape index (κ2) is 7.32. The number of hydrogen-bond acceptors (Lipinski definition) is 4. The number of fused-ring (bicyclic) bond motifs is 2. The van der Waals surface area contributed by atoms with Crippen molar-refractivity contribution in [1.82, 2.24) is 9.55 Å². The van der Waals surface area contributed by atoms with E-state index >= 15 is 0 Å². The van der Waals surface area contributed by atoms with Gasteiger partial charge in [0, 0.05) is 28.5 Å². The van der Waals surface area contributed by atoms with Crippen molar-refractivity contribution in [2.45, 2.75) is 32.6 Å². The molecule has 0 aliphatic heterocycles. The van der Waals surface area contributed by atoms with Gasteiger partial charge in [-0.05, 0) is 73.6 Å². The highest BCUT2D eigenvalue weighted by atomic mass is 35.5. The predicted octanol–water partition coefficient (Wildman–Crippen LogP) is 6.48. The van der Waals surface area contributed by atoms with Crippen LogP contribution in [-0.2, 0) is 12.8 Å². The molecule has 3 aromatic heterocycles. The number of aromatic nitrogens is 2. The van der Waals surface area contributed by atoms with E-state index in [9.17, 15) is 5.21 Å². The van der Waals surface area contributed by atoms with Crippen molar-refractivity contribution in [2.24, 2.45) is 5.16 Å². The van der Waals surface area contributed by atoms with Crippen molar-refractivity contribution in [3.8, 4) is 16.8 Å². The average molecular weight is 422 g/mol. The summed E-state index contributed by atoms with van der Waals surface area (Å²) in [5.74, 6) is 0. The molecule has 0 atom stereocenters. The van der Waals surface area contributed by atoms with Gasteiger partial charge in [-0.25, -0.2) is 4.98 Å². The highest BCUT2D eigenvalue weighted by Crippen LogP contribution is 2.44. The number of halogens is 1. The van der Waals surface area contributed by atoms with Gasteiger partial charge in [0.25, 0.3) is 0 Å². The molecule has 0 fully saturated rings. The van der Waals surface area contributed by atoms with Crippen molar-refractivity contribution in [2.75, 3.05) is 0 Å². The van der Waals surface area contributed by atoms with Crippen LogP contribution in [0, 0.1) is 0 Å². The second-order valence-corrected chi connectivity index (χ2v) is 8.80. The third-order valence-electron chi connectivity index (χ3n) is 5.57. The first kappa shape index (κ1) is 18.4. The zero-order valence-corrected chi connectivity index (χ0v) is 17.6. The molecule has 0 radical (unpaired) electrons.